The zero-order chi connectivity index (χ0) is 28.8. The van der Waals surface area contributed by atoms with E-state index in [1.165, 1.54) is 26.0 Å². The van der Waals surface area contributed by atoms with Crippen LogP contribution in [0, 0.1) is 22.7 Å². The molecule has 1 aliphatic heterocycles. The average molecular weight is 555 g/mol. The molecule has 1 heterocycles. The lowest BCUT2D eigenvalue weighted by Gasteiger charge is -2.63. The minimum Gasteiger partial charge on any atom is -0.435 e. The molecule has 4 aliphatic carbocycles. The molecule has 5 rings (SSSR count). The highest BCUT2D eigenvalue weighted by molar-refractivity contribution is 6.01. The number of halogens is 2. The Morgan fingerprint density at radius 2 is 1.87 bits per heavy atom. The first kappa shape index (κ1) is 28.2. The van der Waals surface area contributed by atoms with Crippen LogP contribution in [-0.2, 0) is 33.3 Å². The fourth-order valence-corrected chi connectivity index (χ4v) is 8.20. The Bertz CT molecular complexity index is 1150. The van der Waals surface area contributed by atoms with Crippen LogP contribution in [0.5, 0.6) is 0 Å². The SMILES string of the molecule is CCOC(=O)OC(C)OC(=O)[C@@]12OC(C)(C)O[C@@H]1C[C@H]1[C@@H]3C[C@H](F)C4=CC(=O)C=C[C@]4(C)[C@@]3(F)[C@@H](O)C[C@@]12C. The van der Waals surface area contributed by atoms with E-state index in [1.807, 2.05) is 0 Å². The standard InChI is InChI=1S/C28H36F2O9/c1-7-35-23(34)37-14(2)36-22(33)28-21(38-24(3,4)39-28)12-16-17-11-19(29)18-10-15(31)8-9-25(18,5)27(17,30)20(32)13-26(16,28)6/h8-10,14,16-17,19-21,32H,7,11-13H2,1-6H3/t14?,16-,17-,19-,20-,21+,25-,26-,27-,28-/m0/s1. The quantitative estimate of drug-likeness (QED) is 0.408. The Kier molecular flexibility index (Phi) is 6.37. The van der Waals surface area contributed by atoms with Gasteiger partial charge in [0.25, 0.3) is 0 Å². The topological polar surface area (TPSA) is 118 Å². The molecule has 0 radical (unpaired) electrons. The van der Waals surface area contributed by atoms with Gasteiger partial charge in [-0.3, -0.25) is 4.79 Å². The number of rotatable bonds is 4. The third-order valence-corrected chi connectivity index (χ3v) is 9.72. The maximum atomic E-state index is 17.4. The highest BCUT2D eigenvalue weighted by atomic mass is 19.1. The summed E-state index contributed by atoms with van der Waals surface area (Å²) in [4.78, 5) is 37.7. The van der Waals surface area contributed by atoms with Crippen molar-refractivity contribution in [1.82, 2.24) is 0 Å². The highest BCUT2D eigenvalue weighted by Gasteiger charge is 2.81. The number of carbonyl (C=O) groups excluding carboxylic acids is 3. The van der Waals surface area contributed by atoms with Gasteiger partial charge in [0, 0.05) is 23.7 Å². The molecule has 0 aromatic carbocycles. The molecular weight excluding hydrogens is 518 g/mol. The Morgan fingerprint density at radius 3 is 2.54 bits per heavy atom. The molecular formula is C28H36F2O9. The number of hydrogen-bond acceptors (Lipinski definition) is 9. The van der Waals surface area contributed by atoms with E-state index in [2.05, 4.69) is 0 Å². The van der Waals surface area contributed by atoms with Gasteiger partial charge < -0.3 is 28.8 Å². The molecule has 0 amide bonds. The maximum Gasteiger partial charge on any atom is 0.511 e. The predicted molar refractivity (Wildman–Crippen MR) is 130 cm³/mol. The molecule has 11 heteroatoms. The molecule has 1 unspecified atom stereocenters. The minimum absolute atomic E-state index is 0.0160. The molecule has 0 bridgehead atoms. The zero-order valence-electron chi connectivity index (χ0n) is 23.0. The Hall–Kier alpha value is -2.37. The van der Waals surface area contributed by atoms with Gasteiger partial charge in [0.05, 0.1) is 12.7 Å². The highest BCUT2D eigenvalue weighted by Crippen LogP contribution is 2.72. The number of allylic oxidation sites excluding steroid dienone is 4. The molecule has 1 N–H and O–H groups in total. The van der Waals surface area contributed by atoms with E-state index in [-0.39, 0.29) is 31.4 Å². The van der Waals surface area contributed by atoms with Crippen molar-refractivity contribution in [1.29, 1.82) is 0 Å². The summed E-state index contributed by atoms with van der Waals surface area (Å²) in [6.45, 7) is 9.50. The monoisotopic (exact) mass is 554 g/mol. The maximum absolute atomic E-state index is 17.4. The third kappa shape index (κ3) is 3.68. The van der Waals surface area contributed by atoms with Crippen molar-refractivity contribution in [2.75, 3.05) is 6.61 Å². The first-order chi connectivity index (χ1) is 18.1. The van der Waals surface area contributed by atoms with Crippen molar-refractivity contribution in [3.05, 3.63) is 23.8 Å². The van der Waals surface area contributed by atoms with Gasteiger partial charge in [0.1, 0.15) is 12.3 Å². The predicted octanol–water partition coefficient (Wildman–Crippen LogP) is 3.87. The Morgan fingerprint density at radius 1 is 1.18 bits per heavy atom. The summed E-state index contributed by atoms with van der Waals surface area (Å²) in [6.07, 6.45) is -3.15. The van der Waals surface area contributed by atoms with Crippen LogP contribution in [0.1, 0.15) is 60.8 Å². The molecule has 0 aromatic heterocycles. The molecule has 10 atom stereocenters. The molecule has 3 saturated carbocycles. The van der Waals surface area contributed by atoms with E-state index in [0.717, 1.165) is 6.08 Å². The molecule has 5 aliphatic rings. The zero-order valence-corrected chi connectivity index (χ0v) is 23.0. The molecule has 4 fully saturated rings. The van der Waals surface area contributed by atoms with Gasteiger partial charge in [-0.1, -0.05) is 13.0 Å². The summed E-state index contributed by atoms with van der Waals surface area (Å²) in [7, 11) is 0. The number of aliphatic hydroxyl groups is 1. The van der Waals surface area contributed by atoms with Gasteiger partial charge >= 0.3 is 12.1 Å². The van der Waals surface area contributed by atoms with E-state index in [9.17, 15) is 19.5 Å². The summed E-state index contributed by atoms with van der Waals surface area (Å²) in [5.41, 5.74) is -6.89. The summed E-state index contributed by atoms with van der Waals surface area (Å²) in [5.74, 6) is -4.21. The average Bonchev–Trinajstić information content (AvgIpc) is 3.23. The second-order valence-corrected chi connectivity index (χ2v) is 12.2. The van der Waals surface area contributed by atoms with Crippen LogP contribution >= 0.6 is 0 Å². The summed E-state index contributed by atoms with van der Waals surface area (Å²) in [5, 5.41) is 11.6. The lowest BCUT2D eigenvalue weighted by Crippen LogP contribution is -2.71. The van der Waals surface area contributed by atoms with Crippen LogP contribution in [0.3, 0.4) is 0 Å². The van der Waals surface area contributed by atoms with Crippen LogP contribution in [0.2, 0.25) is 0 Å². The second-order valence-electron chi connectivity index (χ2n) is 12.2. The van der Waals surface area contributed by atoms with Crippen molar-refractivity contribution < 1.29 is 52.0 Å². The van der Waals surface area contributed by atoms with Crippen molar-refractivity contribution in [3.8, 4) is 0 Å². The fourth-order valence-electron chi connectivity index (χ4n) is 8.20. The van der Waals surface area contributed by atoms with Gasteiger partial charge in [-0.15, -0.1) is 0 Å². The van der Waals surface area contributed by atoms with Gasteiger partial charge in [-0.05, 0) is 70.6 Å². The molecule has 39 heavy (non-hydrogen) atoms. The molecule has 0 aromatic rings. The van der Waals surface area contributed by atoms with Crippen molar-refractivity contribution in [2.24, 2.45) is 22.7 Å². The number of alkyl halides is 2. The smallest absolute Gasteiger partial charge is 0.435 e. The first-order valence-corrected chi connectivity index (χ1v) is 13.4. The molecule has 1 saturated heterocycles. The number of esters is 1. The number of hydrogen-bond donors (Lipinski definition) is 1. The summed E-state index contributed by atoms with van der Waals surface area (Å²) in [6, 6.07) is 0. The van der Waals surface area contributed by atoms with E-state index >= 15 is 8.78 Å². The Labute approximate surface area is 225 Å². The van der Waals surface area contributed by atoms with Crippen LogP contribution in [0.25, 0.3) is 0 Å². The van der Waals surface area contributed by atoms with E-state index in [1.54, 1.807) is 27.7 Å². The normalized spacial score (nSPS) is 46.2. The second kappa shape index (κ2) is 8.81. The van der Waals surface area contributed by atoms with Gasteiger partial charge in [0.15, 0.2) is 22.8 Å². The van der Waals surface area contributed by atoms with E-state index in [0.29, 0.717) is 0 Å². The van der Waals surface area contributed by atoms with Crippen molar-refractivity contribution >= 4 is 17.9 Å². The van der Waals surface area contributed by atoms with Crippen LogP contribution in [0.4, 0.5) is 13.6 Å². The van der Waals surface area contributed by atoms with Gasteiger partial charge in [0.2, 0.25) is 6.29 Å². The number of ketones is 1. The largest absolute Gasteiger partial charge is 0.511 e. The van der Waals surface area contributed by atoms with Crippen LogP contribution in [0.15, 0.2) is 23.8 Å². The van der Waals surface area contributed by atoms with E-state index < -0.39 is 82.3 Å². The summed E-state index contributed by atoms with van der Waals surface area (Å²) >= 11 is 0. The molecule has 0 spiro atoms. The van der Waals surface area contributed by atoms with Crippen LogP contribution < -0.4 is 0 Å². The minimum atomic E-state index is -2.32. The lowest BCUT2D eigenvalue weighted by atomic mass is 9.44. The lowest BCUT2D eigenvalue weighted by molar-refractivity contribution is -0.260. The van der Waals surface area contributed by atoms with Crippen molar-refractivity contribution in [2.45, 2.75) is 103 Å². The molecule has 216 valence electrons. The number of carbonyl (C=O) groups is 3. The number of aliphatic hydroxyl groups excluding tert-OH is 1. The van der Waals surface area contributed by atoms with Gasteiger partial charge in [-0.2, -0.15) is 0 Å². The third-order valence-electron chi connectivity index (χ3n) is 9.72. The summed E-state index contributed by atoms with van der Waals surface area (Å²) < 4.78 is 60.9. The van der Waals surface area contributed by atoms with Crippen LogP contribution in [-0.4, -0.2) is 71.3 Å². The number of fused-ring (bicyclic) bond motifs is 7. The van der Waals surface area contributed by atoms with E-state index in [4.69, 9.17) is 23.7 Å². The first-order valence-electron chi connectivity index (χ1n) is 13.4. The number of ether oxygens (including phenoxy) is 5. The Balaban J connectivity index is 1.54. The molecule has 9 nitrogen and oxygen atoms in total. The van der Waals surface area contributed by atoms with Crippen molar-refractivity contribution in [3.63, 3.8) is 0 Å². The fraction of sp³-hybridized carbons (Fsp3) is 0.750. The van der Waals surface area contributed by atoms with Gasteiger partial charge in [-0.25, -0.2) is 18.4 Å².